The minimum atomic E-state index is 0.531. The van der Waals surface area contributed by atoms with Crippen LogP contribution in [0.25, 0.3) is 0 Å². The van der Waals surface area contributed by atoms with Crippen LogP contribution in [0.1, 0.15) is 55.5 Å². The van der Waals surface area contributed by atoms with Crippen molar-refractivity contribution in [3.8, 4) is 0 Å². The minimum absolute atomic E-state index is 0.531. The lowest BCUT2D eigenvalue weighted by Gasteiger charge is -2.45. The van der Waals surface area contributed by atoms with Crippen molar-refractivity contribution in [3.63, 3.8) is 0 Å². The summed E-state index contributed by atoms with van der Waals surface area (Å²) in [5.41, 5.74) is 5.59. The number of hydrogen-bond donors (Lipinski definition) is 0. The Labute approximate surface area is 172 Å². The molecule has 0 spiro atoms. The second-order valence-corrected chi connectivity index (χ2v) is 9.41. The van der Waals surface area contributed by atoms with Gasteiger partial charge in [-0.25, -0.2) is 0 Å². The van der Waals surface area contributed by atoms with Gasteiger partial charge in [0.2, 0.25) is 0 Å². The summed E-state index contributed by atoms with van der Waals surface area (Å²) < 4.78 is 0. The molecule has 0 N–H and O–H groups in total. The van der Waals surface area contributed by atoms with E-state index in [1.165, 1.54) is 61.0 Å². The second kappa shape index (κ2) is 8.23. The Kier molecular flexibility index (Phi) is 5.71. The highest BCUT2D eigenvalue weighted by Crippen LogP contribution is 2.52. The molecule has 2 nitrogen and oxygen atoms in total. The van der Waals surface area contributed by atoms with E-state index in [0.717, 1.165) is 18.3 Å². The Balaban J connectivity index is 1.74. The lowest BCUT2D eigenvalue weighted by atomic mass is 9.21. The molecule has 0 amide bonds. The van der Waals surface area contributed by atoms with Gasteiger partial charge in [-0.1, -0.05) is 74.4 Å². The average molecular weight is 374 g/mol. The SMILES string of the molecule is CN(C)c1ccc(C(B2C3CCCC2CCC3)c2ccc(N(C)C)cc2)cc1. The Morgan fingerprint density at radius 2 is 1.00 bits per heavy atom. The molecule has 2 aliphatic rings. The van der Waals surface area contributed by atoms with Gasteiger partial charge in [0, 0.05) is 39.6 Å². The van der Waals surface area contributed by atoms with E-state index in [4.69, 9.17) is 0 Å². The first kappa shape index (κ1) is 19.4. The number of hydrogen-bond acceptors (Lipinski definition) is 2. The van der Waals surface area contributed by atoms with Crippen LogP contribution in [0, 0.1) is 0 Å². The van der Waals surface area contributed by atoms with Gasteiger partial charge in [0.1, 0.15) is 0 Å². The van der Waals surface area contributed by atoms with Crippen molar-refractivity contribution < 1.29 is 0 Å². The van der Waals surface area contributed by atoms with Crippen molar-refractivity contribution >= 4 is 18.1 Å². The topological polar surface area (TPSA) is 6.48 Å². The highest BCUT2D eigenvalue weighted by Gasteiger charge is 2.44. The van der Waals surface area contributed by atoms with Crippen LogP contribution in [0.2, 0.25) is 11.6 Å². The van der Waals surface area contributed by atoms with Gasteiger partial charge in [0.05, 0.1) is 0 Å². The summed E-state index contributed by atoms with van der Waals surface area (Å²) in [4.78, 5) is 4.39. The van der Waals surface area contributed by atoms with Crippen LogP contribution in [-0.4, -0.2) is 34.9 Å². The van der Waals surface area contributed by atoms with Crippen molar-refractivity contribution in [2.24, 2.45) is 0 Å². The van der Waals surface area contributed by atoms with Crippen LogP contribution < -0.4 is 9.80 Å². The third-order valence-electron chi connectivity index (χ3n) is 7.31. The summed E-state index contributed by atoms with van der Waals surface area (Å²) in [5, 5.41) is 0. The standard InChI is InChI=1S/C25H35BN2/c1-27(2)23-15-11-19(12-16-23)25(20-13-17-24(18-14-20)28(3)4)26-21-7-5-8-22(26)10-6-9-21/h11-18,21-22,25H,5-10H2,1-4H3. The predicted molar refractivity (Wildman–Crippen MR) is 124 cm³/mol. The van der Waals surface area contributed by atoms with Gasteiger partial charge in [0.25, 0.3) is 0 Å². The van der Waals surface area contributed by atoms with Gasteiger partial charge in [-0.15, -0.1) is 0 Å². The molecule has 2 fully saturated rings. The fourth-order valence-electron chi connectivity index (χ4n) is 5.87. The fourth-order valence-corrected chi connectivity index (χ4v) is 5.87. The molecule has 0 unspecified atom stereocenters. The van der Waals surface area contributed by atoms with Gasteiger partial charge in [-0.2, -0.15) is 0 Å². The summed E-state index contributed by atoms with van der Waals surface area (Å²) in [6, 6.07) is 18.8. The van der Waals surface area contributed by atoms with Crippen molar-refractivity contribution in [1.82, 2.24) is 0 Å². The van der Waals surface area contributed by atoms with E-state index in [1.54, 1.807) is 0 Å². The third-order valence-corrected chi connectivity index (χ3v) is 7.31. The normalized spacial score (nSPS) is 21.7. The molecule has 4 rings (SSSR count). The zero-order chi connectivity index (χ0) is 19.7. The number of nitrogens with zero attached hydrogens (tertiary/aromatic N) is 2. The first-order valence-electron chi connectivity index (χ1n) is 11.1. The van der Waals surface area contributed by atoms with Gasteiger partial charge < -0.3 is 9.80 Å². The molecule has 2 saturated heterocycles. The second-order valence-electron chi connectivity index (χ2n) is 9.41. The van der Waals surface area contributed by atoms with Crippen LogP contribution >= 0.6 is 0 Å². The van der Waals surface area contributed by atoms with Crippen LogP contribution in [0.3, 0.4) is 0 Å². The van der Waals surface area contributed by atoms with Gasteiger partial charge in [-0.05, 0) is 41.2 Å². The first-order chi connectivity index (χ1) is 13.5. The molecule has 3 heteroatoms. The molecule has 2 bridgehead atoms. The Morgan fingerprint density at radius 1 is 0.643 bits per heavy atom. The summed E-state index contributed by atoms with van der Waals surface area (Å²) in [6.07, 6.45) is 8.62. The molecule has 0 atom stereocenters. The molecule has 2 aromatic rings. The molecule has 2 heterocycles. The van der Waals surface area contributed by atoms with Crippen LogP contribution in [-0.2, 0) is 0 Å². The summed E-state index contributed by atoms with van der Waals surface area (Å²) in [6.45, 7) is 0.804. The lowest BCUT2D eigenvalue weighted by molar-refractivity contribution is 0.438. The van der Waals surface area contributed by atoms with E-state index < -0.39 is 0 Å². The quantitative estimate of drug-likeness (QED) is 0.584. The van der Waals surface area contributed by atoms with Crippen molar-refractivity contribution in [2.75, 3.05) is 38.0 Å². The molecule has 0 radical (unpaired) electrons. The molecule has 0 saturated carbocycles. The highest BCUT2D eigenvalue weighted by atomic mass is 15.1. The van der Waals surface area contributed by atoms with Crippen molar-refractivity contribution in [2.45, 2.75) is 56.0 Å². The smallest absolute Gasteiger partial charge is 0.160 e. The van der Waals surface area contributed by atoms with Crippen molar-refractivity contribution in [3.05, 3.63) is 59.7 Å². The Morgan fingerprint density at radius 3 is 1.32 bits per heavy atom. The Bertz CT molecular complexity index is 693. The summed E-state index contributed by atoms with van der Waals surface area (Å²) in [5.74, 6) is 2.34. The molecular formula is C25H35BN2. The largest absolute Gasteiger partial charge is 0.378 e. The number of anilines is 2. The third kappa shape index (κ3) is 3.81. The van der Waals surface area contributed by atoms with Gasteiger partial charge in [-0.3, -0.25) is 0 Å². The van der Waals surface area contributed by atoms with E-state index in [0.29, 0.717) is 5.82 Å². The first-order valence-corrected chi connectivity index (χ1v) is 11.1. The lowest BCUT2D eigenvalue weighted by Crippen LogP contribution is -2.40. The zero-order valence-corrected chi connectivity index (χ0v) is 18.1. The molecule has 2 aromatic carbocycles. The summed E-state index contributed by atoms with van der Waals surface area (Å²) >= 11 is 0. The van der Waals surface area contributed by atoms with E-state index in [-0.39, 0.29) is 0 Å². The van der Waals surface area contributed by atoms with Gasteiger partial charge >= 0.3 is 0 Å². The number of benzene rings is 2. The number of fused-ring (bicyclic) bond motifs is 2. The average Bonchev–Trinajstić information content (AvgIpc) is 2.69. The Hall–Kier alpha value is -1.90. The molecular weight excluding hydrogens is 339 g/mol. The monoisotopic (exact) mass is 374 g/mol. The van der Waals surface area contributed by atoms with Crippen LogP contribution in [0.15, 0.2) is 48.5 Å². The molecule has 148 valence electrons. The maximum Gasteiger partial charge on any atom is 0.160 e. The molecule has 0 aliphatic carbocycles. The van der Waals surface area contributed by atoms with Gasteiger partial charge in [0.15, 0.2) is 6.71 Å². The van der Waals surface area contributed by atoms with E-state index in [9.17, 15) is 0 Å². The molecule has 2 aliphatic heterocycles. The number of rotatable bonds is 5. The van der Waals surface area contributed by atoms with E-state index in [1.807, 2.05) is 0 Å². The molecule has 0 aromatic heterocycles. The summed E-state index contributed by atoms with van der Waals surface area (Å²) in [7, 11) is 8.49. The van der Waals surface area contributed by atoms with Crippen molar-refractivity contribution in [1.29, 1.82) is 0 Å². The van der Waals surface area contributed by atoms with Crippen LogP contribution in [0.4, 0.5) is 11.4 Å². The van der Waals surface area contributed by atoms with E-state index in [2.05, 4.69) is 86.5 Å². The predicted octanol–water partition coefficient (Wildman–Crippen LogP) is 6.09. The minimum Gasteiger partial charge on any atom is -0.378 e. The molecule has 28 heavy (non-hydrogen) atoms. The maximum absolute atomic E-state index is 2.39. The van der Waals surface area contributed by atoms with E-state index >= 15 is 0 Å². The van der Waals surface area contributed by atoms with Crippen LogP contribution in [0.5, 0.6) is 0 Å². The maximum atomic E-state index is 2.39. The zero-order valence-electron chi connectivity index (χ0n) is 18.1. The highest BCUT2D eigenvalue weighted by molar-refractivity contribution is 6.65. The fraction of sp³-hybridized carbons (Fsp3) is 0.520.